The predicted molar refractivity (Wildman–Crippen MR) is 81.3 cm³/mol. The highest BCUT2D eigenvalue weighted by Crippen LogP contribution is 2.51. The monoisotopic (exact) mass is 304 g/mol. The molecule has 4 nitrogen and oxygen atoms in total. The fraction of sp³-hybridized carbons (Fsp3) is 0.588. The number of β-amino-alcohol motifs (C(OH)–C–C–N with tert-alkyl or cyclic N) is 1. The first-order chi connectivity index (χ1) is 10.6. The lowest BCUT2D eigenvalue weighted by molar-refractivity contribution is -0.120. The van der Waals surface area contributed by atoms with Crippen molar-refractivity contribution in [1.29, 1.82) is 0 Å². The van der Waals surface area contributed by atoms with Gasteiger partial charge in [0.25, 0.3) is 0 Å². The molecule has 5 heteroatoms. The third-order valence-electron chi connectivity index (χ3n) is 5.51. The van der Waals surface area contributed by atoms with Crippen LogP contribution in [0.25, 0.3) is 0 Å². The fourth-order valence-corrected chi connectivity index (χ4v) is 4.48. The summed E-state index contributed by atoms with van der Waals surface area (Å²) in [5, 5.41) is 12.7. The summed E-state index contributed by atoms with van der Waals surface area (Å²) in [4.78, 5) is 14.6. The fourth-order valence-electron chi connectivity index (χ4n) is 4.48. The number of nitrogens with one attached hydrogen (secondary N) is 1. The van der Waals surface area contributed by atoms with Gasteiger partial charge in [-0.2, -0.15) is 0 Å². The Balaban J connectivity index is 1.71. The number of carbonyl (C=O) groups is 1. The van der Waals surface area contributed by atoms with E-state index < -0.39 is 6.10 Å². The molecular weight excluding hydrogens is 283 g/mol. The molecule has 1 spiro atoms. The number of hydrogen-bond donors (Lipinski definition) is 2. The van der Waals surface area contributed by atoms with Crippen LogP contribution in [0.1, 0.15) is 37.7 Å². The highest BCUT2D eigenvalue weighted by atomic mass is 19.1. The number of aliphatic hydroxyl groups excluding tert-OH is 1. The molecule has 1 aliphatic carbocycles. The lowest BCUT2D eigenvalue weighted by Gasteiger charge is -2.26. The highest BCUT2D eigenvalue weighted by Gasteiger charge is 2.49. The Bertz CT molecular complexity index is 613. The van der Waals surface area contributed by atoms with Crippen molar-refractivity contribution in [2.45, 2.75) is 49.7 Å². The van der Waals surface area contributed by atoms with Gasteiger partial charge in [-0.05, 0) is 31.4 Å². The molecule has 2 N–H and O–H groups in total. The van der Waals surface area contributed by atoms with Gasteiger partial charge in [-0.3, -0.25) is 4.79 Å². The second-order valence-electron chi connectivity index (χ2n) is 6.90. The number of rotatable bonds is 1. The van der Waals surface area contributed by atoms with Crippen molar-refractivity contribution in [3.8, 4) is 0 Å². The van der Waals surface area contributed by atoms with E-state index in [1.54, 1.807) is 11.0 Å². The zero-order valence-corrected chi connectivity index (χ0v) is 12.5. The topological polar surface area (TPSA) is 52.6 Å². The molecule has 2 fully saturated rings. The molecule has 22 heavy (non-hydrogen) atoms. The average molecular weight is 304 g/mol. The maximum atomic E-state index is 14.5. The van der Waals surface area contributed by atoms with Crippen LogP contribution in [0.2, 0.25) is 0 Å². The number of aliphatic hydroxyl groups is 1. The van der Waals surface area contributed by atoms with Crippen molar-refractivity contribution in [3.05, 3.63) is 29.6 Å². The van der Waals surface area contributed by atoms with Gasteiger partial charge in [0, 0.05) is 24.1 Å². The smallest absolute Gasteiger partial charge is 0.244 e. The van der Waals surface area contributed by atoms with Gasteiger partial charge in [-0.25, -0.2) is 4.39 Å². The van der Waals surface area contributed by atoms with E-state index in [4.69, 9.17) is 0 Å². The Morgan fingerprint density at radius 1 is 1.36 bits per heavy atom. The van der Waals surface area contributed by atoms with Crippen LogP contribution in [-0.2, 0) is 10.2 Å². The first-order valence-electron chi connectivity index (χ1n) is 8.13. The Kier molecular flexibility index (Phi) is 3.24. The molecule has 0 aromatic heterocycles. The third-order valence-corrected chi connectivity index (χ3v) is 5.51. The van der Waals surface area contributed by atoms with E-state index >= 15 is 0 Å². The molecule has 0 radical (unpaired) electrons. The van der Waals surface area contributed by atoms with E-state index in [2.05, 4.69) is 5.32 Å². The number of benzene rings is 1. The first-order valence-corrected chi connectivity index (χ1v) is 8.13. The van der Waals surface area contributed by atoms with E-state index in [1.807, 2.05) is 6.07 Å². The van der Waals surface area contributed by atoms with Gasteiger partial charge in [-0.1, -0.05) is 18.9 Å². The standard InChI is InChI=1S/C17H21FN2O2/c18-12-4-3-5-14-15(12)17(6-1-2-7-17)10-20(14)16(22)13-8-11(21)9-19-13/h3-5,11,13,19,21H,1-2,6-10H2. The number of nitrogens with zero attached hydrogens (tertiary/aromatic N) is 1. The summed E-state index contributed by atoms with van der Waals surface area (Å²) >= 11 is 0. The van der Waals surface area contributed by atoms with Crippen LogP contribution in [0.15, 0.2) is 18.2 Å². The van der Waals surface area contributed by atoms with Gasteiger partial charge < -0.3 is 15.3 Å². The van der Waals surface area contributed by atoms with Crippen molar-refractivity contribution < 1.29 is 14.3 Å². The van der Waals surface area contributed by atoms with Gasteiger partial charge in [0.05, 0.1) is 17.8 Å². The predicted octanol–water partition coefficient (Wildman–Crippen LogP) is 1.71. The minimum atomic E-state index is -0.469. The van der Waals surface area contributed by atoms with Gasteiger partial charge in [0.1, 0.15) is 5.82 Å². The molecule has 2 aliphatic heterocycles. The van der Waals surface area contributed by atoms with E-state index in [9.17, 15) is 14.3 Å². The molecule has 1 saturated carbocycles. The van der Waals surface area contributed by atoms with E-state index in [0.29, 0.717) is 19.5 Å². The quantitative estimate of drug-likeness (QED) is 0.830. The maximum absolute atomic E-state index is 14.5. The summed E-state index contributed by atoms with van der Waals surface area (Å²) in [6.07, 6.45) is 4.06. The molecule has 2 heterocycles. The van der Waals surface area contributed by atoms with Crippen LogP contribution in [0.5, 0.6) is 0 Å². The molecule has 3 aliphatic rings. The molecule has 2 atom stereocenters. The van der Waals surface area contributed by atoms with E-state index in [0.717, 1.165) is 36.9 Å². The van der Waals surface area contributed by atoms with Crippen LogP contribution in [-0.4, -0.2) is 36.2 Å². The Hall–Kier alpha value is -1.46. The molecular formula is C17H21FN2O2. The maximum Gasteiger partial charge on any atom is 0.244 e. The van der Waals surface area contributed by atoms with Gasteiger partial charge in [0.15, 0.2) is 0 Å². The number of hydrogen-bond acceptors (Lipinski definition) is 3. The highest BCUT2D eigenvalue weighted by molar-refractivity contribution is 6.00. The first kappa shape index (κ1) is 14.2. The molecule has 2 unspecified atom stereocenters. The molecule has 0 bridgehead atoms. The summed E-state index contributed by atoms with van der Waals surface area (Å²) in [5.74, 6) is -0.221. The molecule has 1 aromatic carbocycles. The van der Waals surface area contributed by atoms with Gasteiger partial charge in [-0.15, -0.1) is 0 Å². The molecule has 1 amide bonds. The summed E-state index contributed by atoms with van der Waals surface area (Å²) in [5.41, 5.74) is 1.27. The summed E-state index contributed by atoms with van der Waals surface area (Å²) in [6, 6.07) is 4.68. The number of anilines is 1. The zero-order valence-electron chi connectivity index (χ0n) is 12.5. The Labute approximate surface area is 129 Å². The van der Waals surface area contributed by atoms with Crippen molar-refractivity contribution >= 4 is 11.6 Å². The molecule has 118 valence electrons. The van der Waals surface area contributed by atoms with Gasteiger partial charge >= 0.3 is 0 Å². The van der Waals surface area contributed by atoms with Crippen molar-refractivity contribution in [2.24, 2.45) is 0 Å². The van der Waals surface area contributed by atoms with Crippen LogP contribution in [0.3, 0.4) is 0 Å². The van der Waals surface area contributed by atoms with Crippen molar-refractivity contribution in [1.82, 2.24) is 5.32 Å². The number of fused-ring (bicyclic) bond motifs is 2. The number of carbonyl (C=O) groups excluding carboxylic acids is 1. The largest absolute Gasteiger partial charge is 0.392 e. The summed E-state index contributed by atoms with van der Waals surface area (Å²) in [7, 11) is 0. The van der Waals surface area contributed by atoms with Crippen LogP contribution in [0.4, 0.5) is 10.1 Å². The average Bonchev–Trinajstić information content (AvgIpc) is 3.20. The van der Waals surface area contributed by atoms with Crippen LogP contribution >= 0.6 is 0 Å². The Morgan fingerprint density at radius 3 is 2.82 bits per heavy atom. The zero-order chi connectivity index (χ0) is 15.3. The van der Waals surface area contributed by atoms with Crippen molar-refractivity contribution in [3.63, 3.8) is 0 Å². The summed E-state index contributed by atoms with van der Waals surface area (Å²) < 4.78 is 14.5. The molecule has 4 rings (SSSR count). The van der Waals surface area contributed by atoms with Crippen LogP contribution in [0, 0.1) is 5.82 Å². The molecule has 1 aromatic rings. The van der Waals surface area contributed by atoms with Crippen LogP contribution < -0.4 is 10.2 Å². The lowest BCUT2D eigenvalue weighted by Crippen LogP contribution is -2.45. The van der Waals surface area contributed by atoms with E-state index in [-0.39, 0.29) is 23.2 Å². The number of halogens is 1. The Morgan fingerprint density at radius 2 is 2.14 bits per heavy atom. The second kappa shape index (κ2) is 5.03. The lowest BCUT2D eigenvalue weighted by atomic mass is 9.80. The van der Waals surface area contributed by atoms with Crippen molar-refractivity contribution in [2.75, 3.05) is 18.0 Å². The molecule has 1 saturated heterocycles. The minimum absolute atomic E-state index is 0.0350. The third kappa shape index (κ3) is 1.99. The van der Waals surface area contributed by atoms with E-state index in [1.165, 1.54) is 6.07 Å². The van der Waals surface area contributed by atoms with Gasteiger partial charge in [0.2, 0.25) is 5.91 Å². The second-order valence-corrected chi connectivity index (χ2v) is 6.90. The SMILES string of the molecule is O=C(C1CC(O)CN1)N1CC2(CCCC2)c2c(F)cccc21. The number of amides is 1. The summed E-state index contributed by atoms with van der Waals surface area (Å²) in [6.45, 7) is 1.03. The minimum Gasteiger partial charge on any atom is -0.392 e. The normalized spacial score (nSPS) is 29.3.